The Morgan fingerprint density at radius 1 is 1.36 bits per heavy atom. The Morgan fingerprint density at radius 2 is 2.14 bits per heavy atom. The van der Waals surface area contributed by atoms with Crippen molar-refractivity contribution in [1.82, 2.24) is 9.97 Å². The molecule has 0 saturated carbocycles. The second-order valence-electron chi connectivity index (χ2n) is 2.56. The van der Waals surface area contributed by atoms with Crippen LogP contribution in [0.5, 0.6) is 5.75 Å². The fraction of sp³-hybridized carbons (Fsp3) is 0.111. The van der Waals surface area contributed by atoms with Crippen LogP contribution in [-0.4, -0.2) is 17.1 Å². The second-order valence-corrected chi connectivity index (χ2v) is 2.90. The Hall–Kier alpha value is -1.06. The van der Waals surface area contributed by atoms with Gasteiger partial charge >= 0.3 is 0 Å². The van der Waals surface area contributed by atoms with Gasteiger partial charge in [0.25, 0.3) is 0 Å². The van der Waals surface area contributed by atoms with Crippen molar-refractivity contribution in [2.75, 3.05) is 7.11 Å². The minimum absolute atomic E-state index is 0. The first-order valence-electron chi connectivity index (χ1n) is 3.76. The topological polar surface area (TPSA) is 35.0 Å². The average Bonchev–Trinajstić information content (AvgIpc) is 2.17. The highest BCUT2D eigenvalue weighted by Gasteiger charge is 1.98. The highest BCUT2D eigenvalue weighted by molar-refractivity contribution is 6.28. The molecule has 2 aromatic rings. The zero-order chi connectivity index (χ0) is 9.26. The number of benzene rings is 1. The van der Waals surface area contributed by atoms with Gasteiger partial charge in [-0.05, 0) is 29.8 Å². The van der Waals surface area contributed by atoms with Crippen LogP contribution in [-0.2, 0) is 0 Å². The van der Waals surface area contributed by atoms with Crippen LogP contribution in [0.15, 0.2) is 24.4 Å². The fourth-order valence-electron chi connectivity index (χ4n) is 1.12. The summed E-state index contributed by atoms with van der Waals surface area (Å²) in [4.78, 5) is 7.93. The van der Waals surface area contributed by atoms with Gasteiger partial charge in [0.05, 0.1) is 12.6 Å². The van der Waals surface area contributed by atoms with Crippen LogP contribution in [0.25, 0.3) is 10.9 Å². The predicted molar refractivity (Wildman–Crippen MR) is 58.3 cm³/mol. The van der Waals surface area contributed by atoms with Crippen molar-refractivity contribution in [1.29, 1.82) is 0 Å². The second kappa shape index (κ2) is 4.44. The van der Waals surface area contributed by atoms with Crippen LogP contribution < -0.4 is 4.74 Å². The van der Waals surface area contributed by atoms with Gasteiger partial charge in [0.15, 0.2) is 0 Å². The van der Waals surface area contributed by atoms with Gasteiger partial charge in [-0.1, -0.05) is 0 Å². The number of fused-ring (bicyclic) bond motifs is 1. The summed E-state index contributed by atoms with van der Waals surface area (Å²) < 4.78 is 5.06. The van der Waals surface area contributed by atoms with E-state index in [1.165, 1.54) is 0 Å². The van der Waals surface area contributed by atoms with E-state index >= 15 is 0 Å². The summed E-state index contributed by atoms with van der Waals surface area (Å²) >= 11 is 5.64. The number of nitrogens with zero attached hydrogens (tertiary/aromatic N) is 2. The van der Waals surface area contributed by atoms with Gasteiger partial charge in [-0.3, -0.25) is 0 Å². The highest BCUT2D eigenvalue weighted by atomic mass is 35.5. The zero-order valence-corrected chi connectivity index (χ0v) is 8.97. The number of halogens is 2. The average molecular weight is 231 g/mol. The number of methoxy groups -OCH3 is 1. The molecular weight excluding hydrogens is 223 g/mol. The molecule has 0 radical (unpaired) electrons. The first-order chi connectivity index (χ1) is 6.29. The monoisotopic (exact) mass is 230 g/mol. The normalized spacial score (nSPS) is 9.57. The van der Waals surface area contributed by atoms with Crippen LogP contribution in [0.2, 0.25) is 5.28 Å². The number of aromatic nitrogens is 2. The molecule has 1 aromatic heterocycles. The minimum atomic E-state index is 0. The Labute approximate surface area is 92.5 Å². The van der Waals surface area contributed by atoms with Crippen molar-refractivity contribution >= 4 is 34.9 Å². The zero-order valence-electron chi connectivity index (χ0n) is 7.40. The van der Waals surface area contributed by atoms with Gasteiger partial charge in [-0.25, -0.2) is 9.97 Å². The molecule has 0 aliphatic carbocycles. The minimum Gasteiger partial charge on any atom is -0.497 e. The Morgan fingerprint density at radius 3 is 2.86 bits per heavy atom. The molecule has 1 heterocycles. The molecule has 0 fully saturated rings. The van der Waals surface area contributed by atoms with Crippen molar-refractivity contribution in [2.24, 2.45) is 0 Å². The molecule has 14 heavy (non-hydrogen) atoms. The van der Waals surface area contributed by atoms with Crippen molar-refractivity contribution in [2.45, 2.75) is 0 Å². The van der Waals surface area contributed by atoms with Crippen LogP contribution >= 0.6 is 24.0 Å². The summed E-state index contributed by atoms with van der Waals surface area (Å²) in [5.41, 5.74) is 0.820. The molecule has 0 saturated heterocycles. The first kappa shape index (κ1) is 11.0. The maximum Gasteiger partial charge on any atom is 0.222 e. The predicted octanol–water partition coefficient (Wildman–Crippen LogP) is 2.71. The van der Waals surface area contributed by atoms with Crippen molar-refractivity contribution < 1.29 is 4.74 Å². The van der Waals surface area contributed by atoms with E-state index < -0.39 is 0 Å². The van der Waals surface area contributed by atoms with Crippen LogP contribution in [0.4, 0.5) is 0 Å². The Kier molecular flexibility index (Phi) is 3.49. The largest absolute Gasteiger partial charge is 0.497 e. The van der Waals surface area contributed by atoms with Gasteiger partial charge in [0.2, 0.25) is 5.28 Å². The van der Waals surface area contributed by atoms with E-state index in [9.17, 15) is 0 Å². The molecule has 0 spiro atoms. The van der Waals surface area contributed by atoms with Crippen molar-refractivity contribution in [3.05, 3.63) is 29.7 Å². The molecule has 0 N–H and O–H groups in total. The number of hydrogen-bond acceptors (Lipinski definition) is 3. The molecular formula is C9H8Cl2N2O. The molecule has 0 aliphatic heterocycles. The van der Waals surface area contributed by atoms with E-state index in [-0.39, 0.29) is 17.7 Å². The maximum atomic E-state index is 5.64. The molecule has 2 rings (SSSR count). The lowest BCUT2D eigenvalue weighted by molar-refractivity contribution is 0.415. The molecule has 1 aromatic carbocycles. The third-order valence-corrected chi connectivity index (χ3v) is 1.94. The fourth-order valence-corrected chi connectivity index (χ4v) is 1.26. The number of hydrogen-bond donors (Lipinski definition) is 0. The summed E-state index contributed by atoms with van der Waals surface area (Å²) in [5.74, 6) is 0.790. The lowest BCUT2D eigenvalue weighted by Gasteiger charge is -2.00. The smallest absolute Gasteiger partial charge is 0.222 e. The number of ether oxygens (including phenoxy) is 1. The molecule has 0 unspecified atom stereocenters. The van der Waals surface area contributed by atoms with E-state index in [1.54, 1.807) is 13.3 Å². The molecule has 0 aliphatic rings. The van der Waals surface area contributed by atoms with Gasteiger partial charge in [-0.2, -0.15) is 0 Å². The Bertz CT molecular complexity index is 448. The first-order valence-corrected chi connectivity index (χ1v) is 4.14. The third-order valence-electron chi connectivity index (χ3n) is 1.76. The summed E-state index contributed by atoms with van der Waals surface area (Å²) in [5, 5.41) is 1.18. The van der Waals surface area contributed by atoms with E-state index in [1.807, 2.05) is 18.2 Å². The van der Waals surface area contributed by atoms with Crippen molar-refractivity contribution in [3.8, 4) is 5.75 Å². The van der Waals surface area contributed by atoms with Gasteiger partial charge in [-0.15, -0.1) is 12.4 Å². The van der Waals surface area contributed by atoms with Gasteiger partial charge in [0, 0.05) is 11.6 Å². The quantitative estimate of drug-likeness (QED) is 0.707. The summed E-state index contributed by atoms with van der Waals surface area (Å²) in [6.45, 7) is 0. The van der Waals surface area contributed by atoms with E-state index in [0.29, 0.717) is 0 Å². The summed E-state index contributed by atoms with van der Waals surface area (Å²) in [6.07, 6.45) is 1.67. The lowest BCUT2D eigenvalue weighted by Crippen LogP contribution is -1.86. The SMILES string of the molecule is COc1ccc2nc(Cl)ncc2c1.Cl. The highest BCUT2D eigenvalue weighted by Crippen LogP contribution is 2.19. The van der Waals surface area contributed by atoms with Crippen LogP contribution in [0, 0.1) is 0 Å². The summed E-state index contributed by atoms with van der Waals surface area (Å²) in [6, 6.07) is 5.55. The number of rotatable bonds is 1. The third kappa shape index (κ3) is 2.05. The lowest BCUT2D eigenvalue weighted by atomic mass is 10.2. The van der Waals surface area contributed by atoms with Crippen molar-refractivity contribution in [3.63, 3.8) is 0 Å². The van der Waals surface area contributed by atoms with Crippen LogP contribution in [0.3, 0.4) is 0 Å². The maximum absolute atomic E-state index is 5.64. The van der Waals surface area contributed by atoms with Crippen LogP contribution in [0.1, 0.15) is 0 Å². The Balaban J connectivity index is 0.000000980. The van der Waals surface area contributed by atoms with Gasteiger partial charge in [0.1, 0.15) is 5.75 Å². The summed E-state index contributed by atoms with van der Waals surface area (Å²) in [7, 11) is 1.62. The van der Waals surface area contributed by atoms with Gasteiger partial charge < -0.3 is 4.74 Å². The molecule has 3 nitrogen and oxygen atoms in total. The molecule has 5 heteroatoms. The molecule has 74 valence electrons. The molecule has 0 bridgehead atoms. The van der Waals surface area contributed by atoms with E-state index in [2.05, 4.69) is 9.97 Å². The molecule has 0 atom stereocenters. The van der Waals surface area contributed by atoms with E-state index in [0.717, 1.165) is 16.7 Å². The standard InChI is InChI=1S/C9H7ClN2O.ClH/c1-13-7-2-3-8-6(4-7)5-11-9(10)12-8;/h2-5H,1H3;1H. The van der Waals surface area contributed by atoms with E-state index in [4.69, 9.17) is 16.3 Å². The molecule has 0 amide bonds.